The molecule has 0 spiro atoms. The van der Waals surface area contributed by atoms with Crippen LogP contribution in [0.3, 0.4) is 0 Å². The molecule has 2 amide bonds. The Morgan fingerprint density at radius 1 is 1.09 bits per heavy atom. The standard InChI is InChI=1S/C26H30N2O7/c1-33-14-11-22(23(29)28-13-12-26(16-28,34-2)24(30)31)27-25(32)35-15-21-19-9-5-3-7-17(19)18-8-4-6-10-20(18)21/h3-10,21-22H,11-16H2,1-2H3,(H,27,32)(H,30,31). The molecule has 1 heterocycles. The first-order chi connectivity index (χ1) is 16.9. The quantitative estimate of drug-likeness (QED) is 0.565. The third-order valence-electron chi connectivity index (χ3n) is 6.87. The molecule has 9 heteroatoms. The second-order valence-electron chi connectivity index (χ2n) is 8.82. The van der Waals surface area contributed by atoms with Crippen molar-refractivity contribution in [1.82, 2.24) is 10.2 Å². The fourth-order valence-corrected chi connectivity index (χ4v) is 4.89. The Labute approximate surface area is 204 Å². The van der Waals surface area contributed by atoms with E-state index in [9.17, 15) is 19.5 Å². The van der Waals surface area contributed by atoms with Gasteiger partial charge < -0.3 is 29.5 Å². The number of benzene rings is 2. The van der Waals surface area contributed by atoms with Gasteiger partial charge >= 0.3 is 12.1 Å². The van der Waals surface area contributed by atoms with Crippen LogP contribution in [-0.4, -0.2) is 80.1 Å². The van der Waals surface area contributed by atoms with Gasteiger partial charge in [0.1, 0.15) is 12.6 Å². The average Bonchev–Trinajstić information content (AvgIpc) is 3.46. The number of hydrogen-bond acceptors (Lipinski definition) is 6. The number of nitrogens with one attached hydrogen (secondary N) is 1. The Hall–Kier alpha value is -3.43. The molecule has 1 fully saturated rings. The van der Waals surface area contributed by atoms with Gasteiger partial charge in [-0.2, -0.15) is 0 Å². The Bertz CT molecular complexity index is 1060. The van der Waals surface area contributed by atoms with Crippen molar-refractivity contribution in [3.63, 3.8) is 0 Å². The number of carbonyl (C=O) groups excluding carboxylic acids is 2. The van der Waals surface area contributed by atoms with E-state index in [1.54, 1.807) is 0 Å². The number of hydrogen-bond donors (Lipinski definition) is 2. The van der Waals surface area contributed by atoms with Gasteiger partial charge in [-0.15, -0.1) is 0 Å². The summed E-state index contributed by atoms with van der Waals surface area (Å²) in [7, 11) is 2.82. The van der Waals surface area contributed by atoms with Crippen LogP contribution in [0.25, 0.3) is 11.1 Å². The van der Waals surface area contributed by atoms with E-state index in [2.05, 4.69) is 17.4 Å². The summed E-state index contributed by atoms with van der Waals surface area (Å²) in [6, 6.07) is 15.2. The van der Waals surface area contributed by atoms with Gasteiger partial charge in [0, 0.05) is 46.1 Å². The van der Waals surface area contributed by atoms with Gasteiger partial charge in [0.05, 0.1) is 6.54 Å². The van der Waals surface area contributed by atoms with Crippen LogP contribution < -0.4 is 5.32 Å². The molecule has 0 aromatic heterocycles. The molecular weight excluding hydrogens is 452 g/mol. The van der Waals surface area contributed by atoms with Crippen LogP contribution in [0, 0.1) is 0 Å². The number of carboxylic acid groups (broad SMARTS) is 1. The molecule has 0 bridgehead atoms. The van der Waals surface area contributed by atoms with Gasteiger partial charge in [-0.1, -0.05) is 48.5 Å². The van der Waals surface area contributed by atoms with Crippen molar-refractivity contribution in [1.29, 1.82) is 0 Å². The lowest BCUT2D eigenvalue weighted by molar-refractivity contribution is -0.161. The summed E-state index contributed by atoms with van der Waals surface area (Å²) in [6.07, 6.45) is -0.313. The maximum absolute atomic E-state index is 13.2. The first-order valence-corrected chi connectivity index (χ1v) is 11.6. The second kappa shape index (κ2) is 10.5. The Balaban J connectivity index is 1.42. The lowest BCUT2D eigenvalue weighted by Crippen LogP contribution is -2.51. The van der Waals surface area contributed by atoms with Gasteiger partial charge in [-0.05, 0) is 22.3 Å². The number of amides is 2. The number of carbonyl (C=O) groups is 3. The summed E-state index contributed by atoms with van der Waals surface area (Å²) in [5.74, 6) is -1.61. The molecule has 2 N–H and O–H groups in total. The fraction of sp³-hybridized carbons (Fsp3) is 0.423. The summed E-state index contributed by atoms with van der Waals surface area (Å²) < 4.78 is 15.9. The molecule has 35 heavy (non-hydrogen) atoms. The molecule has 2 atom stereocenters. The number of nitrogens with zero attached hydrogens (tertiary/aromatic N) is 1. The maximum Gasteiger partial charge on any atom is 0.407 e. The molecular formula is C26H30N2O7. The first kappa shape index (κ1) is 24.7. The Kier molecular flexibility index (Phi) is 7.37. The molecule has 1 aliphatic carbocycles. The minimum absolute atomic E-state index is 0.0898. The number of carboxylic acids is 1. The highest BCUT2D eigenvalue weighted by Gasteiger charge is 2.47. The van der Waals surface area contributed by atoms with Crippen LogP contribution in [0.5, 0.6) is 0 Å². The van der Waals surface area contributed by atoms with Crippen molar-refractivity contribution in [2.45, 2.75) is 30.4 Å². The lowest BCUT2D eigenvalue weighted by Gasteiger charge is -2.26. The van der Waals surface area contributed by atoms with Crippen molar-refractivity contribution < 1.29 is 33.7 Å². The first-order valence-electron chi connectivity index (χ1n) is 11.6. The highest BCUT2D eigenvalue weighted by molar-refractivity contribution is 5.88. The average molecular weight is 483 g/mol. The van der Waals surface area contributed by atoms with Crippen LogP contribution in [-0.2, 0) is 23.8 Å². The number of rotatable bonds is 9. The predicted octanol–water partition coefficient (Wildman–Crippen LogP) is 2.63. The van der Waals surface area contributed by atoms with Crippen molar-refractivity contribution in [3.8, 4) is 11.1 Å². The summed E-state index contributed by atoms with van der Waals surface area (Å²) in [4.78, 5) is 39.0. The van der Waals surface area contributed by atoms with Crippen LogP contribution in [0.15, 0.2) is 48.5 Å². The van der Waals surface area contributed by atoms with Crippen molar-refractivity contribution in [2.75, 3.05) is 40.5 Å². The SMILES string of the molecule is COCCC(NC(=O)OCC1c2ccccc2-c2ccccc21)C(=O)N1CCC(OC)(C(=O)O)C1. The number of likely N-dealkylation sites (tertiary alicyclic amines) is 1. The minimum atomic E-state index is -1.44. The number of methoxy groups -OCH3 is 2. The largest absolute Gasteiger partial charge is 0.479 e. The van der Waals surface area contributed by atoms with Crippen LogP contribution in [0.4, 0.5) is 4.79 Å². The van der Waals surface area contributed by atoms with E-state index in [0.29, 0.717) is 0 Å². The van der Waals surface area contributed by atoms with Gasteiger partial charge in [-0.3, -0.25) is 4.79 Å². The zero-order valence-electron chi connectivity index (χ0n) is 19.9. The number of aliphatic carboxylic acids is 1. The fourth-order valence-electron chi connectivity index (χ4n) is 4.89. The molecule has 186 valence electrons. The van der Waals surface area contributed by atoms with Crippen molar-refractivity contribution in [2.24, 2.45) is 0 Å². The van der Waals surface area contributed by atoms with E-state index in [-0.39, 0.29) is 45.1 Å². The zero-order valence-corrected chi connectivity index (χ0v) is 19.9. The summed E-state index contributed by atoms with van der Waals surface area (Å²) in [5.41, 5.74) is 3.00. The minimum Gasteiger partial charge on any atom is -0.479 e. The molecule has 2 aliphatic rings. The second-order valence-corrected chi connectivity index (χ2v) is 8.82. The van der Waals surface area contributed by atoms with Gasteiger partial charge in [0.2, 0.25) is 5.91 Å². The highest BCUT2D eigenvalue weighted by atomic mass is 16.5. The molecule has 1 saturated heterocycles. The van der Waals surface area contributed by atoms with Gasteiger partial charge in [0.25, 0.3) is 0 Å². The van der Waals surface area contributed by atoms with E-state index < -0.39 is 29.6 Å². The van der Waals surface area contributed by atoms with E-state index >= 15 is 0 Å². The lowest BCUT2D eigenvalue weighted by atomic mass is 9.98. The van der Waals surface area contributed by atoms with Crippen LogP contribution in [0.2, 0.25) is 0 Å². The molecule has 0 radical (unpaired) electrons. The highest BCUT2D eigenvalue weighted by Crippen LogP contribution is 2.44. The molecule has 1 aliphatic heterocycles. The molecule has 4 rings (SSSR count). The molecule has 0 saturated carbocycles. The van der Waals surface area contributed by atoms with E-state index in [0.717, 1.165) is 22.3 Å². The number of ether oxygens (including phenoxy) is 3. The monoisotopic (exact) mass is 482 g/mol. The molecule has 9 nitrogen and oxygen atoms in total. The Morgan fingerprint density at radius 3 is 2.26 bits per heavy atom. The van der Waals surface area contributed by atoms with Crippen molar-refractivity contribution in [3.05, 3.63) is 59.7 Å². The van der Waals surface area contributed by atoms with E-state index in [4.69, 9.17) is 14.2 Å². The zero-order chi connectivity index (χ0) is 25.0. The third-order valence-corrected chi connectivity index (χ3v) is 6.87. The van der Waals surface area contributed by atoms with Gasteiger partial charge in [0.15, 0.2) is 5.60 Å². The van der Waals surface area contributed by atoms with Crippen LogP contribution in [0.1, 0.15) is 29.9 Å². The van der Waals surface area contributed by atoms with Crippen molar-refractivity contribution >= 4 is 18.0 Å². The number of alkyl carbamates (subject to hydrolysis) is 1. The van der Waals surface area contributed by atoms with Crippen LogP contribution >= 0.6 is 0 Å². The molecule has 2 aromatic rings. The summed E-state index contributed by atoms with van der Waals surface area (Å²) in [6.45, 7) is 0.491. The smallest absolute Gasteiger partial charge is 0.407 e. The normalized spacial score (nSPS) is 19.7. The summed E-state index contributed by atoms with van der Waals surface area (Å²) >= 11 is 0. The van der Waals surface area contributed by atoms with E-state index in [1.165, 1.54) is 19.1 Å². The maximum atomic E-state index is 13.2. The summed E-state index contributed by atoms with van der Waals surface area (Å²) in [5, 5.41) is 12.2. The molecule has 2 unspecified atom stereocenters. The number of fused-ring (bicyclic) bond motifs is 3. The topological polar surface area (TPSA) is 114 Å². The predicted molar refractivity (Wildman–Crippen MR) is 127 cm³/mol. The van der Waals surface area contributed by atoms with E-state index in [1.807, 2.05) is 36.4 Å². The van der Waals surface area contributed by atoms with Gasteiger partial charge in [-0.25, -0.2) is 9.59 Å². The molecule has 2 aromatic carbocycles. The Morgan fingerprint density at radius 2 is 1.71 bits per heavy atom. The third kappa shape index (κ3) is 4.87.